The Balaban J connectivity index is 2.16. The number of aromatic carboxylic acids is 1. The van der Waals surface area contributed by atoms with Crippen LogP contribution < -0.4 is 4.90 Å². The van der Waals surface area contributed by atoms with E-state index in [1.165, 1.54) is 5.56 Å². The van der Waals surface area contributed by atoms with Crippen molar-refractivity contribution in [3.05, 3.63) is 58.6 Å². The maximum Gasteiger partial charge on any atom is 0.337 e. The Morgan fingerprint density at radius 1 is 1.10 bits per heavy atom. The third kappa shape index (κ3) is 2.74. The smallest absolute Gasteiger partial charge is 0.337 e. The molecular formula is C17H16ClNO2. The molecule has 0 spiro atoms. The van der Waals surface area contributed by atoms with E-state index in [1.807, 2.05) is 18.2 Å². The van der Waals surface area contributed by atoms with E-state index in [9.17, 15) is 9.90 Å². The van der Waals surface area contributed by atoms with E-state index in [2.05, 4.69) is 11.0 Å². The van der Waals surface area contributed by atoms with Crippen LogP contribution in [0.3, 0.4) is 0 Å². The molecule has 0 amide bonds. The number of nitrogens with zero attached hydrogens (tertiary/aromatic N) is 1. The molecule has 3 rings (SSSR count). The van der Waals surface area contributed by atoms with Crippen molar-refractivity contribution >= 4 is 28.9 Å². The first-order valence-corrected chi connectivity index (χ1v) is 7.43. The van der Waals surface area contributed by atoms with E-state index in [0.717, 1.165) is 31.5 Å². The van der Waals surface area contributed by atoms with Crippen LogP contribution in [0.25, 0.3) is 0 Å². The Hall–Kier alpha value is -2.00. The van der Waals surface area contributed by atoms with Crippen LogP contribution in [0, 0.1) is 0 Å². The number of hydrogen-bond acceptors (Lipinski definition) is 2. The van der Waals surface area contributed by atoms with Crippen molar-refractivity contribution in [1.82, 2.24) is 0 Å². The van der Waals surface area contributed by atoms with Crippen molar-refractivity contribution in [3.8, 4) is 0 Å². The van der Waals surface area contributed by atoms with Gasteiger partial charge in [-0.15, -0.1) is 0 Å². The summed E-state index contributed by atoms with van der Waals surface area (Å²) in [7, 11) is 0. The Morgan fingerprint density at radius 3 is 2.71 bits per heavy atom. The molecule has 0 bridgehead atoms. The SMILES string of the molecule is O=C(O)c1ccc(Cl)cc1N1CCCCc2ccccc21. The van der Waals surface area contributed by atoms with Gasteiger partial charge in [-0.3, -0.25) is 0 Å². The summed E-state index contributed by atoms with van der Waals surface area (Å²) in [5.74, 6) is -0.927. The molecule has 0 atom stereocenters. The van der Waals surface area contributed by atoms with Crippen LogP contribution in [0.15, 0.2) is 42.5 Å². The van der Waals surface area contributed by atoms with Crippen LogP contribution in [0.2, 0.25) is 5.02 Å². The molecule has 1 aliphatic heterocycles. The molecule has 4 heteroatoms. The maximum absolute atomic E-state index is 11.5. The van der Waals surface area contributed by atoms with Gasteiger partial charge in [0.15, 0.2) is 0 Å². The van der Waals surface area contributed by atoms with E-state index in [4.69, 9.17) is 11.6 Å². The molecule has 0 saturated carbocycles. The van der Waals surface area contributed by atoms with Crippen LogP contribution in [-0.2, 0) is 6.42 Å². The Labute approximate surface area is 128 Å². The number of carboxylic acid groups (broad SMARTS) is 1. The predicted octanol–water partition coefficient (Wildman–Crippen LogP) is 4.51. The second-order valence-corrected chi connectivity index (χ2v) is 5.64. The molecule has 2 aromatic carbocycles. The van der Waals surface area contributed by atoms with E-state index in [-0.39, 0.29) is 5.56 Å². The summed E-state index contributed by atoms with van der Waals surface area (Å²) in [4.78, 5) is 13.6. The molecule has 21 heavy (non-hydrogen) atoms. The molecule has 0 aliphatic carbocycles. The lowest BCUT2D eigenvalue weighted by molar-refractivity contribution is 0.0697. The number of fused-ring (bicyclic) bond motifs is 1. The number of hydrogen-bond donors (Lipinski definition) is 1. The molecular weight excluding hydrogens is 286 g/mol. The van der Waals surface area contributed by atoms with Gasteiger partial charge in [-0.1, -0.05) is 29.8 Å². The monoisotopic (exact) mass is 301 g/mol. The molecule has 1 N–H and O–H groups in total. The molecule has 3 nitrogen and oxygen atoms in total. The van der Waals surface area contributed by atoms with Gasteiger partial charge in [-0.25, -0.2) is 4.79 Å². The highest BCUT2D eigenvalue weighted by Gasteiger charge is 2.21. The normalized spacial score (nSPS) is 14.4. The zero-order valence-corrected chi connectivity index (χ0v) is 12.3. The summed E-state index contributed by atoms with van der Waals surface area (Å²) in [6, 6.07) is 13.1. The summed E-state index contributed by atoms with van der Waals surface area (Å²) in [6.45, 7) is 0.803. The highest BCUT2D eigenvalue weighted by molar-refractivity contribution is 6.31. The number of benzene rings is 2. The Kier molecular flexibility index (Phi) is 3.84. The summed E-state index contributed by atoms with van der Waals surface area (Å²) in [6.07, 6.45) is 3.16. The lowest BCUT2D eigenvalue weighted by Gasteiger charge is -2.26. The van der Waals surface area contributed by atoms with Gasteiger partial charge < -0.3 is 10.0 Å². The number of aryl methyl sites for hydroxylation is 1. The molecule has 108 valence electrons. The van der Waals surface area contributed by atoms with Crippen LogP contribution in [0.1, 0.15) is 28.8 Å². The standard InChI is InChI=1S/C17H16ClNO2/c18-13-8-9-14(17(20)21)16(11-13)19-10-4-3-6-12-5-1-2-7-15(12)19/h1-2,5,7-9,11H,3-4,6,10H2,(H,20,21). The molecule has 0 fully saturated rings. The van der Waals surface area contributed by atoms with E-state index < -0.39 is 5.97 Å². The molecule has 0 radical (unpaired) electrons. The second kappa shape index (κ2) is 5.78. The van der Waals surface area contributed by atoms with Gasteiger partial charge in [-0.05, 0) is 49.1 Å². The topological polar surface area (TPSA) is 40.5 Å². The summed E-state index contributed by atoms with van der Waals surface area (Å²) in [5, 5.41) is 9.99. The van der Waals surface area contributed by atoms with Gasteiger partial charge in [0.25, 0.3) is 0 Å². The first kappa shape index (κ1) is 14.0. The number of carboxylic acids is 1. The average molecular weight is 302 g/mol. The van der Waals surface area contributed by atoms with Crippen molar-refractivity contribution in [2.45, 2.75) is 19.3 Å². The number of carbonyl (C=O) groups is 1. The number of para-hydroxylation sites is 1. The fourth-order valence-electron chi connectivity index (χ4n) is 2.85. The van der Waals surface area contributed by atoms with E-state index in [0.29, 0.717) is 10.7 Å². The van der Waals surface area contributed by atoms with Crippen LogP contribution in [-0.4, -0.2) is 17.6 Å². The minimum atomic E-state index is -0.927. The maximum atomic E-state index is 11.5. The molecule has 0 unspecified atom stereocenters. The fraction of sp³-hybridized carbons (Fsp3) is 0.235. The van der Waals surface area contributed by atoms with Crippen LogP contribution >= 0.6 is 11.6 Å². The van der Waals surface area contributed by atoms with Gasteiger partial charge >= 0.3 is 5.97 Å². The second-order valence-electron chi connectivity index (χ2n) is 5.20. The highest BCUT2D eigenvalue weighted by atomic mass is 35.5. The van der Waals surface area contributed by atoms with Gasteiger partial charge in [0.05, 0.1) is 11.3 Å². The summed E-state index contributed by atoms with van der Waals surface area (Å²) >= 11 is 6.09. The first-order valence-electron chi connectivity index (χ1n) is 7.05. The highest BCUT2D eigenvalue weighted by Crippen LogP contribution is 2.35. The first-order chi connectivity index (χ1) is 10.2. The fourth-order valence-corrected chi connectivity index (χ4v) is 3.02. The van der Waals surface area contributed by atoms with E-state index >= 15 is 0 Å². The zero-order chi connectivity index (χ0) is 14.8. The number of anilines is 2. The van der Waals surface area contributed by atoms with Crippen molar-refractivity contribution in [1.29, 1.82) is 0 Å². The van der Waals surface area contributed by atoms with Gasteiger partial charge in [-0.2, -0.15) is 0 Å². The van der Waals surface area contributed by atoms with Gasteiger partial charge in [0.1, 0.15) is 0 Å². The Morgan fingerprint density at radius 2 is 1.90 bits per heavy atom. The molecule has 1 aliphatic rings. The van der Waals surface area contributed by atoms with Crippen LogP contribution in [0.5, 0.6) is 0 Å². The summed E-state index contributed by atoms with van der Waals surface area (Å²) in [5.41, 5.74) is 3.30. The average Bonchev–Trinajstić information content (AvgIpc) is 2.69. The lowest BCUT2D eigenvalue weighted by atomic mass is 10.1. The van der Waals surface area contributed by atoms with Gasteiger partial charge in [0, 0.05) is 17.3 Å². The number of halogens is 1. The van der Waals surface area contributed by atoms with Crippen molar-refractivity contribution < 1.29 is 9.90 Å². The largest absolute Gasteiger partial charge is 0.478 e. The quantitative estimate of drug-likeness (QED) is 0.887. The Bertz CT molecular complexity index is 684. The zero-order valence-electron chi connectivity index (χ0n) is 11.6. The van der Waals surface area contributed by atoms with E-state index in [1.54, 1.807) is 18.2 Å². The number of rotatable bonds is 2. The van der Waals surface area contributed by atoms with Crippen molar-refractivity contribution in [2.75, 3.05) is 11.4 Å². The molecule has 0 saturated heterocycles. The van der Waals surface area contributed by atoms with Crippen molar-refractivity contribution in [3.63, 3.8) is 0 Å². The van der Waals surface area contributed by atoms with Crippen LogP contribution in [0.4, 0.5) is 11.4 Å². The lowest BCUT2D eigenvalue weighted by Crippen LogP contribution is -2.20. The van der Waals surface area contributed by atoms with Gasteiger partial charge in [0.2, 0.25) is 0 Å². The third-order valence-corrected chi connectivity index (χ3v) is 4.08. The summed E-state index contributed by atoms with van der Waals surface area (Å²) < 4.78 is 0. The predicted molar refractivity (Wildman–Crippen MR) is 84.8 cm³/mol. The molecule has 2 aromatic rings. The minimum absolute atomic E-state index is 0.288. The molecule has 0 aromatic heterocycles. The third-order valence-electron chi connectivity index (χ3n) is 3.84. The van der Waals surface area contributed by atoms with Crippen molar-refractivity contribution in [2.24, 2.45) is 0 Å². The minimum Gasteiger partial charge on any atom is -0.478 e. The molecule has 1 heterocycles.